The molecule has 1 heterocycles. The summed E-state index contributed by atoms with van der Waals surface area (Å²) in [6, 6.07) is 10.1. The fourth-order valence-electron chi connectivity index (χ4n) is 2.04. The number of hydrogen-bond donors (Lipinski definition) is 1. The summed E-state index contributed by atoms with van der Waals surface area (Å²) in [5.74, 6) is -1.47. The van der Waals surface area contributed by atoms with Crippen molar-refractivity contribution in [1.29, 1.82) is 0 Å². The first-order chi connectivity index (χ1) is 10.1. The molecule has 0 aliphatic rings. The van der Waals surface area contributed by atoms with Gasteiger partial charge in [-0.25, -0.2) is 9.18 Å². The fourth-order valence-corrected chi connectivity index (χ4v) is 2.04. The molecule has 4 nitrogen and oxygen atoms in total. The van der Waals surface area contributed by atoms with E-state index in [1.807, 2.05) is 18.2 Å². The average molecular weight is 286 g/mol. The van der Waals surface area contributed by atoms with Gasteiger partial charge < -0.3 is 10.0 Å². The summed E-state index contributed by atoms with van der Waals surface area (Å²) in [6.07, 6.45) is 4.05. The summed E-state index contributed by atoms with van der Waals surface area (Å²) >= 11 is 0. The van der Waals surface area contributed by atoms with Crippen molar-refractivity contribution >= 4 is 17.7 Å². The number of nitrogens with zero attached hydrogens (tertiary/aromatic N) is 2. The van der Waals surface area contributed by atoms with Crippen LogP contribution in [0.4, 0.5) is 10.1 Å². The van der Waals surface area contributed by atoms with E-state index in [1.54, 1.807) is 30.3 Å². The number of aliphatic carboxylic acids is 1. The Morgan fingerprint density at radius 3 is 2.81 bits per heavy atom. The van der Waals surface area contributed by atoms with Crippen LogP contribution in [0.1, 0.15) is 11.3 Å². The van der Waals surface area contributed by atoms with Crippen molar-refractivity contribution in [2.45, 2.75) is 6.54 Å². The van der Waals surface area contributed by atoms with Crippen LogP contribution in [0, 0.1) is 5.82 Å². The molecule has 5 heteroatoms. The van der Waals surface area contributed by atoms with Gasteiger partial charge in [-0.05, 0) is 24.3 Å². The lowest BCUT2D eigenvalue weighted by molar-refractivity contribution is -0.131. The molecule has 1 aromatic heterocycles. The third kappa shape index (κ3) is 3.89. The third-order valence-electron chi connectivity index (χ3n) is 2.93. The number of carbonyl (C=O) groups is 1. The number of benzene rings is 1. The molecule has 21 heavy (non-hydrogen) atoms. The van der Waals surface area contributed by atoms with Gasteiger partial charge in [-0.2, -0.15) is 0 Å². The number of para-hydroxylation sites is 1. The van der Waals surface area contributed by atoms with Crippen molar-refractivity contribution in [3.8, 4) is 0 Å². The first-order valence-corrected chi connectivity index (χ1v) is 6.38. The molecular formula is C16H15FN2O2. The van der Waals surface area contributed by atoms with Crippen LogP contribution in [-0.4, -0.2) is 23.1 Å². The number of carboxylic acids is 1. The minimum absolute atomic E-state index is 0.348. The second-order valence-electron chi connectivity index (χ2n) is 4.53. The molecule has 108 valence electrons. The molecule has 2 rings (SSSR count). The van der Waals surface area contributed by atoms with Crippen molar-refractivity contribution in [3.63, 3.8) is 0 Å². The first-order valence-electron chi connectivity index (χ1n) is 6.38. The number of halogens is 1. The Morgan fingerprint density at radius 1 is 1.33 bits per heavy atom. The zero-order valence-electron chi connectivity index (χ0n) is 11.5. The van der Waals surface area contributed by atoms with Crippen LogP contribution in [0.5, 0.6) is 0 Å². The second-order valence-corrected chi connectivity index (χ2v) is 4.53. The van der Waals surface area contributed by atoms with Gasteiger partial charge in [0.15, 0.2) is 0 Å². The van der Waals surface area contributed by atoms with Crippen LogP contribution < -0.4 is 4.90 Å². The van der Waals surface area contributed by atoms with E-state index >= 15 is 0 Å². The van der Waals surface area contributed by atoms with E-state index < -0.39 is 11.8 Å². The highest BCUT2D eigenvalue weighted by Gasteiger charge is 2.12. The van der Waals surface area contributed by atoms with Crippen molar-refractivity contribution in [3.05, 3.63) is 65.7 Å². The van der Waals surface area contributed by atoms with Crippen LogP contribution in [0.25, 0.3) is 6.08 Å². The summed E-state index contributed by atoms with van der Waals surface area (Å²) in [7, 11) is 1.74. The number of hydrogen-bond acceptors (Lipinski definition) is 3. The highest BCUT2D eigenvalue weighted by Crippen LogP contribution is 2.25. The number of anilines is 1. The molecule has 0 fully saturated rings. The van der Waals surface area contributed by atoms with Gasteiger partial charge in [-0.15, -0.1) is 0 Å². The standard InChI is InChI=1S/C16H15FN2O2/c1-19(11-13-6-2-3-10-18-13)16-12(8-9-15(20)21)5-4-7-14(16)17/h2-10H,11H2,1H3,(H,20,21)/b9-8+. The quantitative estimate of drug-likeness (QED) is 0.859. The SMILES string of the molecule is CN(Cc1ccccn1)c1c(F)cccc1/C=C/C(=O)O. The Morgan fingerprint density at radius 2 is 2.14 bits per heavy atom. The molecule has 0 saturated carbocycles. The summed E-state index contributed by atoms with van der Waals surface area (Å²) in [5.41, 5.74) is 1.66. The van der Waals surface area contributed by atoms with E-state index in [4.69, 9.17) is 5.11 Å². The monoisotopic (exact) mass is 286 g/mol. The highest BCUT2D eigenvalue weighted by molar-refractivity contribution is 5.87. The molecule has 0 radical (unpaired) electrons. The summed E-state index contributed by atoms with van der Waals surface area (Å²) in [4.78, 5) is 16.5. The smallest absolute Gasteiger partial charge is 0.328 e. The molecule has 2 aromatic rings. The van der Waals surface area contributed by atoms with Crippen LogP contribution >= 0.6 is 0 Å². The average Bonchev–Trinajstić information content (AvgIpc) is 2.46. The van der Waals surface area contributed by atoms with Gasteiger partial charge in [0.1, 0.15) is 5.82 Å². The van der Waals surface area contributed by atoms with E-state index in [2.05, 4.69) is 4.98 Å². The Kier molecular flexibility index (Phi) is 4.66. The fraction of sp³-hybridized carbons (Fsp3) is 0.125. The van der Waals surface area contributed by atoms with E-state index in [-0.39, 0.29) is 0 Å². The zero-order valence-corrected chi connectivity index (χ0v) is 11.5. The maximum absolute atomic E-state index is 14.1. The van der Waals surface area contributed by atoms with Crippen LogP contribution in [0.3, 0.4) is 0 Å². The van der Waals surface area contributed by atoms with Crippen molar-refractivity contribution in [2.24, 2.45) is 0 Å². The van der Waals surface area contributed by atoms with E-state index in [0.717, 1.165) is 11.8 Å². The lowest BCUT2D eigenvalue weighted by atomic mass is 10.1. The molecule has 0 atom stereocenters. The predicted molar refractivity (Wildman–Crippen MR) is 79.4 cm³/mol. The topological polar surface area (TPSA) is 53.4 Å². The van der Waals surface area contributed by atoms with E-state index in [9.17, 15) is 9.18 Å². The highest BCUT2D eigenvalue weighted by atomic mass is 19.1. The molecule has 0 aliphatic carbocycles. The molecule has 0 spiro atoms. The van der Waals surface area contributed by atoms with Crippen molar-refractivity contribution in [2.75, 3.05) is 11.9 Å². The minimum Gasteiger partial charge on any atom is -0.478 e. The van der Waals surface area contributed by atoms with Crippen LogP contribution in [0.2, 0.25) is 0 Å². The van der Waals surface area contributed by atoms with Crippen molar-refractivity contribution < 1.29 is 14.3 Å². The summed E-state index contributed by atoms with van der Waals surface area (Å²) < 4.78 is 14.1. The molecule has 0 aliphatic heterocycles. The number of rotatable bonds is 5. The molecule has 0 bridgehead atoms. The number of pyridine rings is 1. The Hall–Kier alpha value is -2.69. The largest absolute Gasteiger partial charge is 0.478 e. The first kappa shape index (κ1) is 14.7. The Bertz CT molecular complexity index is 657. The van der Waals surface area contributed by atoms with Gasteiger partial charge in [0.2, 0.25) is 0 Å². The number of carboxylic acid groups (broad SMARTS) is 1. The van der Waals surface area contributed by atoms with Gasteiger partial charge >= 0.3 is 5.97 Å². The Balaban J connectivity index is 2.31. The molecule has 0 unspecified atom stereocenters. The van der Waals surface area contributed by atoms with Crippen molar-refractivity contribution in [1.82, 2.24) is 4.98 Å². The van der Waals surface area contributed by atoms with Gasteiger partial charge in [0, 0.05) is 24.9 Å². The Labute approximate surface area is 122 Å². The maximum atomic E-state index is 14.1. The third-order valence-corrected chi connectivity index (χ3v) is 2.93. The molecule has 0 amide bonds. The summed E-state index contributed by atoms with van der Waals surface area (Å²) in [5, 5.41) is 8.70. The van der Waals surface area contributed by atoms with Crippen LogP contribution in [-0.2, 0) is 11.3 Å². The van der Waals surface area contributed by atoms with Gasteiger partial charge in [-0.1, -0.05) is 18.2 Å². The molecule has 1 N–H and O–H groups in total. The van der Waals surface area contributed by atoms with Crippen LogP contribution in [0.15, 0.2) is 48.7 Å². The van der Waals surface area contributed by atoms with E-state index in [0.29, 0.717) is 17.8 Å². The predicted octanol–water partition coefficient (Wildman–Crippen LogP) is 2.95. The lowest BCUT2D eigenvalue weighted by Crippen LogP contribution is -2.19. The molecule has 0 saturated heterocycles. The minimum atomic E-state index is -1.07. The second kappa shape index (κ2) is 6.65. The summed E-state index contributed by atoms with van der Waals surface area (Å²) in [6.45, 7) is 0.426. The maximum Gasteiger partial charge on any atom is 0.328 e. The lowest BCUT2D eigenvalue weighted by Gasteiger charge is -2.21. The van der Waals surface area contributed by atoms with Gasteiger partial charge in [0.25, 0.3) is 0 Å². The molecule has 1 aromatic carbocycles. The normalized spacial score (nSPS) is 10.8. The number of aromatic nitrogens is 1. The van der Waals surface area contributed by atoms with Gasteiger partial charge in [-0.3, -0.25) is 4.98 Å². The van der Waals surface area contributed by atoms with Gasteiger partial charge in [0.05, 0.1) is 17.9 Å². The zero-order chi connectivity index (χ0) is 15.2. The van der Waals surface area contributed by atoms with E-state index in [1.165, 1.54) is 12.1 Å². The molecular weight excluding hydrogens is 271 g/mol.